The van der Waals surface area contributed by atoms with Gasteiger partial charge in [0.15, 0.2) is 0 Å². The van der Waals surface area contributed by atoms with Gasteiger partial charge in [0, 0.05) is 18.9 Å². The lowest BCUT2D eigenvalue weighted by molar-refractivity contribution is -0.138. The summed E-state index contributed by atoms with van der Waals surface area (Å²) < 4.78 is 36.5. The zero-order valence-corrected chi connectivity index (χ0v) is 8.55. The van der Waals surface area contributed by atoms with Crippen molar-refractivity contribution in [2.24, 2.45) is 5.73 Å². The van der Waals surface area contributed by atoms with Crippen molar-refractivity contribution in [1.82, 2.24) is 4.98 Å². The van der Waals surface area contributed by atoms with Crippen LogP contribution < -0.4 is 5.73 Å². The van der Waals surface area contributed by atoms with Crippen molar-refractivity contribution in [3.63, 3.8) is 0 Å². The van der Waals surface area contributed by atoms with Gasteiger partial charge in [-0.05, 0) is 11.6 Å². The lowest BCUT2D eigenvalue weighted by Crippen LogP contribution is -2.11. The maximum Gasteiger partial charge on any atom is 0.416 e. The maximum absolute atomic E-state index is 12.2. The van der Waals surface area contributed by atoms with Gasteiger partial charge in [-0.25, -0.2) is 0 Å². The second kappa shape index (κ2) is 6.06. The molecule has 0 aliphatic rings. The first-order valence-corrected chi connectivity index (χ1v) is 3.26. The molecule has 1 rings (SSSR count). The summed E-state index contributed by atoms with van der Waals surface area (Å²) in [6, 6.07) is 0.919. The van der Waals surface area contributed by atoms with Crippen molar-refractivity contribution in [3.8, 4) is 0 Å². The van der Waals surface area contributed by atoms with Gasteiger partial charge in [0.05, 0.1) is 5.56 Å². The average molecular weight is 249 g/mol. The molecule has 82 valence electrons. The van der Waals surface area contributed by atoms with Gasteiger partial charge in [-0.15, -0.1) is 24.8 Å². The summed E-state index contributed by atoms with van der Waals surface area (Å²) >= 11 is 0. The fourth-order valence-electron chi connectivity index (χ4n) is 0.866. The van der Waals surface area contributed by atoms with Crippen molar-refractivity contribution >= 4 is 24.8 Å². The molecule has 14 heavy (non-hydrogen) atoms. The molecule has 7 heteroatoms. The van der Waals surface area contributed by atoms with Crippen LogP contribution in [0.5, 0.6) is 0 Å². The second-order valence-corrected chi connectivity index (χ2v) is 2.23. The predicted molar refractivity (Wildman–Crippen MR) is 51.6 cm³/mol. The van der Waals surface area contributed by atoms with Gasteiger partial charge < -0.3 is 5.73 Å². The number of aromatic nitrogens is 1. The molecule has 0 unspecified atom stereocenters. The molecule has 1 heterocycles. The van der Waals surface area contributed by atoms with E-state index in [9.17, 15) is 13.2 Å². The van der Waals surface area contributed by atoms with E-state index in [2.05, 4.69) is 4.98 Å². The van der Waals surface area contributed by atoms with E-state index >= 15 is 0 Å². The van der Waals surface area contributed by atoms with Crippen LogP contribution in [0.4, 0.5) is 13.2 Å². The van der Waals surface area contributed by atoms with E-state index in [1.54, 1.807) is 0 Å². The van der Waals surface area contributed by atoms with Gasteiger partial charge in [0.2, 0.25) is 0 Å². The number of rotatable bonds is 1. The number of nitrogens with zero attached hydrogens (tertiary/aromatic N) is 1. The Labute approximate surface area is 91.5 Å². The SMILES string of the molecule is Cl.Cl.NCc1cnccc1C(F)(F)F. The molecular formula is C7H9Cl2F3N2. The average Bonchev–Trinajstić information content (AvgIpc) is 2.03. The molecule has 1 aromatic heterocycles. The van der Waals surface area contributed by atoms with E-state index in [-0.39, 0.29) is 36.9 Å². The molecule has 0 aromatic carbocycles. The van der Waals surface area contributed by atoms with E-state index < -0.39 is 11.7 Å². The minimum atomic E-state index is -4.34. The van der Waals surface area contributed by atoms with Crippen LogP contribution in [0.15, 0.2) is 18.5 Å². The number of hydrogen-bond acceptors (Lipinski definition) is 2. The third-order valence-electron chi connectivity index (χ3n) is 1.43. The molecule has 0 radical (unpaired) electrons. The van der Waals surface area contributed by atoms with E-state index in [1.165, 1.54) is 0 Å². The Morgan fingerprint density at radius 1 is 1.29 bits per heavy atom. The fourth-order valence-corrected chi connectivity index (χ4v) is 0.866. The number of halogens is 5. The normalized spacial score (nSPS) is 10.0. The molecule has 0 aliphatic heterocycles. The third-order valence-corrected chi connectivity index (χ3v) is 1.43. The summed E-state index contributed by atoms with van der Waals surface area (Å²) in [5.74, 6) is 0. The van der Waals surface area contributed by atoms with E-state index in [1.807, 2.05) is 0 Å². The van der Waals surface area contributed by atoms with Gasteiger partial charge in [0.1, 0.15) is 0 Å². The molecule has 0 fully saturated rings. The number of alkyl halides is 3. The van der Waals surface area contributed by atoms with E-state index in [0.717, 1.165) is 18.5 Å². The molecular weight excluding hydrogens is 240 g/mol. The lowest BCUT2D eigenvalue weighted by Gasteiger charge is -2.09. The zero-order chi connectivity index (χ0) is 9.19. The zero-order valence-electron chi connectivity index (χ0n) is 6.91. The van der Waals surface area contributed by atoms with Gasteiger partial charge in [0.25, 0.3) is 0 Å². The first-order chi connectivity index (χ1) is 5.55. The molecule has 0 atom stereocenters. The molecule has 0 aliphatic carbocycles. The Balaban J connectivity index is 0. The topological polar surface area (TPSA) is 38.9 Å². The smallest absolute Gasteiger partial charge is 0.326 e. The number of hydrogen-bond donors (Lipinski definition) is 1. The minimum absolute atomic E-state index is 0. The Morgan fingerprint density at radius 3 is 2.21 bits per heavy atom. The third kappa shape index (κ3) is 3.69. The van der Waals surface area contributed by atoms with E-state index in [0.29, 0.717) is 0 Å². The molecule has 2 N–H and O–H groups in total. The highest BCUT2D eigenvalue weighted by molar-refractivity contribution is 5.85. The van der Waals surface area contributed by atoms with Crippen molar-refractivity contribution in [1.29, 1.82) is 0 Å². The van der Waals surface area contributed by atoms with Crippen LogP contribution in [0.1, 0.15) is 11.1 Å². The molecule has 0 saturated carbocycles. The van der Waals surface area contributed by atoms with Crippen LogP contribution in [0.2, 0.25) is 0 Å². The highest BCUT2D eigenvalue weighted by Gasteiger charge is 2.32. The van der Waals surface area contributed by atoms with Crippen molar-refractivity contribution < 1.29 is 13.2 Å². The second-order valence-electron chi connectivity index (χ2n) is 2.23. The maximum atomic E-state index is 12.2. The number of pyridine rings is 1. The quantitative estimate of drug-likeness (QED) is 0.829. The summed E-state index contributed by atoms with van der Waals surface area (Å²) in [4.78, 5) is 3.55. The standard InChI is InChI=1S/C7H7F3N2.2ClH/c8-7(9,10)6-1-2-12-4-5(6)3-11;;/h1-2,4H,3,11H2;2*1H. The summed E-state index contributed by atoms with van der Waals surface area (Å²) in [5, 5.41) is 0. The van der Waals surface area contributed by atoms with Gasteiger partial charge in [-0.1, -0.05) is 0 Å². The van der Waals surface area contributed by atoms with Gasteiger partial charge in [-0.2, -0.15) is 13.2 Å². The van der Waals surface area contributed by atoms with Crippen molar-refractivity contribution in [2.75, 3.05) is 0 Å². The molecule has 2 nitrogen and oxygen atoms in total. The summed E-state index contributed by atoms with van der Waals surface area (Å²) in [7, 11) is 0. The molecule has 0 saturated heterocycles. The highest BCUT2D eigenvalue weighted by atomic mass is 35.5. The Hall–Kier alpha value is -0.520. The fraction of sp³-hybridized carbons (Fsp3) is 0.286. The Kier molecular flexibility index (Phi) is 6.89. The van der Waals surface area contributed by atoms with Crippen LogP contribution in [0, 0.1) is 0 Å². The first kappa shape index (κ1) is 15.9. The summed E-state index contributed by atoms with van der Waals surface area (Å²) in [6.45, 7) is -0.150. The molecule has 0 amide bonds. The number of nitrogens with two attached hydrogens (primary N) is 1. The predicted octanol–water partition coefficient (Wildman–Crippen LogP) is 2.40. The Morgan fingerprint density at radius 2 is 1.86 bits per heavy atom. The largest absolute Gasteiger partial charge is 0.416 e. The van der Waals surface area contributed by atoms with Gasteiger partial charge in [-0.3, -0.25) is 4.98 Å². The van der Waals surface area contributed by atoms with Gasteiger partial charge >= 0.3 is 6.18 Å². The minimum Gasteiger partial charge on any atom is -0.326 e. The summed E-state index contributed by atoms with van der Waals surface area (Å²) in [5.41, 5.74) is 4.42. The monoisotopic (exact) mass is 248 g/mol. The highest BCUT2D eigenvalue weighted by Crippen LogP contribution is 2.30. The molecule has 0 spiro atoms. The first-order valence-electron chi connectivity index (χ1n) is 3.26. The van der Waals surface area contributed by atoms with Crippen LogP contribution >= 0.6 is 24.8 Å². The lowest BCUT2D eigenvalue weighted by atomic mass is 10.1. The van der Waals surface area contributed by atoms with Crippen molar-refractivity contribution in [3.05, 3.63) is 29.6 Å². The van der Waals surface area contributed by atoms with Crippen LogP contribution in [0.25, 0.3) is 0 Å². The van der Waals surface area contributed by atoms with Crippen molar-refractivity contribution in [2.45, 2.75) is 12.7 Å². The van der Waals surface area contributed by atoms with Crippen LogP contribution in [-0.4, -0.2) is 4.98 Å². The molecule has 0 bridgehead atoms. The van der Waals surface area contributed by atoms with Crippen LogP contribution in [-0.2, 0) is 12.7 Å². The molecule has 1 aromatic rings. The Bertz CT molecular complexity index is 278. The van der Waals surface area contributed by atoms with E-state index in [4.69, 9.17) is 5.73 Å². The summed E-state index contributed by atoms with van der Waals surface area (Å²) in [6.07, 6.45) is -2.11. The van der Waals surface area contributed by atoms with Crippen LogP contribution in [0.3, 0.4) is 0 Å².